The van der Waals surface area contributed by atoms with Gasteiger partial charge in [-0.1, -0.05) is 62.4 Å². The predicted molar refractivity (Wildman–Crippen MR) is 203 cm³/mol. The molecule has 0 spiro atoms. The van der Waals surface area contributed by atoms with Crippen LogP contribution >= 0.6 is 0 Å². The van der Waals surface area contributed by atoms with Gasteiger partial charge in [-0.3, -0.25) is 0 Å². The van der Waals surface area contributed by atoms with E-state index in [-0.39, 0.29) is 5.41 Å². The monoisotopic (exact) mass is 678 g/mol. The second-order valence-electron chi connectivity index (χ2n) is 13.4. The van der Waals surface area contributed by atoms with E-state index in [2.05, 4.69) is 96.4 Å². The summed E-state index contributed by atoms with van der Waals surface area (Å²) in [5.74, 6) is 2.87. The minimum Gasteiger partial charge on any atom is -0.497 e. The van der Waals surface area contributed by atoms with Crippen LogP contribution in [0, 0.1) is 6.57 Å². The van der Waals surface area contributed by atoms with Gasteiger partial charge in [-0.15, -0.1) is 0 Å². The summed E-state index contributed by atoms with van der Waals surface area (Å²) in [6.45, 7) is 15.5. The van der Waals surface area contributed by atoms with Crippen LogP contribution in [0.25, 0.3) is 32.8 Å². The zero-order valence-electron chi connectivity index (χ0n) is 29.8. The standard InChI is InChI=1S/C44H42N2O5/c1-7-43(8-2)37-25-30(45-3)13-18-33(37)40-35-26-38(48-5)39(49-6)27-36(35)42-34(41(40)43)19-20-44(51-42,29-11-16-32(47-4)17-12-29)28-9-14-31(15-10-28)46-21-23-50-24-22-46/h9-20,25-27H,7-8,21-24H2,1-2,4-6H3. The molecule has 0 amide bonds. The lowest BCUT2D eigenvalue weighted by Gasteiger charge is -2.39. The highest BCUT2D eigenvalue weighted by molar-refractivity contribution is 6.10. The van der Waals surface area contributed by atoms with Crippen LogP contribution in [-0.2, 0) is 15.8 Å². The largest absolute Gasteiger partial charge is 0.497 e. The Labute approximate surface area is 299 Å². The molecule has 1 aliphatic carbocycles. The number of nitrogens with zero attached hydrogens (tertiary/aromatic N) is 2. The van der Waals surface area contributed by atoms with Gasteiger partial charge >= 0.3 is 0 Å². The molecule has 0 N–H and O–H groups in total. The Morgan fingerprint density at radius 3 is 2.04 bits per heavy atom. The molecule has 2 heterocycles. The van der Waals surface area contributed by atoms with Crippen molar-refractivity contribution in [3.05, 3.63) is 124 Å². The lowest BCUT2D eigenvalue weighted by molar-refractivity contribution is 0.122. The summed E-state index contributed by atoms with van der Waals surface area (Å²) in [7, 11) is 5.03. The van der Waals surface area contributed by atoms with Crippen molar-refractivity contribution in [3.8, 4) is 34.1 Å². The van der Waals surface area contributed by atoms with E-state index in [0.717, 1.165) is 83.7 Å². The quantitative estimate of drug-likeness (QED) is 0.152. The average molecular weight is 679 g/mol. The number of benzene rings is 5. The van der Waals surface area contributed by atoms with E-state index in [9.17, 15) is 0 Å². The third kappa shape index (κ3) is 4.88. The van der Waals surface area contributed by atoms with Crippen molar-refractivity contribution in [1.29, 1.82) is 0 Å². The Kier molecular flexibility index (Phi) is 8.16. The van der Waals surface area contributed by atoms with Crippen molar-refractivity contribution in [2.24, 2.45) is 0 Å². The van der Waals surface area contributed by atoms with Gasteiger partial charge in [0.15, 0.2) is 22.8 Å². The molecule has 1 atom stereocenters. The second kappa shape index (κ2) is 12.7. The third-order valence-corrected chi connectivity index (χ3v) is 11.3. The van der Waals surface area contributed by atoms with Gasteiger partial charge < -0.3 is 28.6 Å². The molecule has 258 valence electrons. The number of ether oxygens (including phenoxy) is 5. The van der Waals surface area contributed by atoms with E-state index in [1.54, 1.807) is 21.3 Å². The van der Waals surface area contributed by atoms with Crippen molar-refractivity contribution < 1.29 is 23.7 Å². The summed E-state index contributed by atoms with van der Waals surface area (Å²) in [5.41, 5.74) is 8.37. The van der Waals surface area contributed by atoms with E-state index >= 15 is 0 Å². The first-order chi connectivity index (χ1) is 24.9. The first-order valence-corrected chi connectivity index (χ1v) is 17.7. The fourth-order valence-electron chi connectivity index (χ4n) is 8.63. The molecule has 0 radical (unpaired) electrons. The SMILES string of the molecule is [C-]#[N+]c1ccc2c(c1)C(CC)(CC)c1c3c(c4cc(OC)c(OC)cc4c1-2)OC(c1ccc(OC)cc1)(c1ccc(N2CCOCC2)cc1)C=C3. The molecule has 5 aromatic carbocycles. The number of rotatable bonds is 8. The van der Waals surface area contributed by atoms with Crippen LogP contribution < -0.4 is 23.8 Å². The molecule has 0 saturated carbocycles. The average Bonchev–Trinajstić information content (AvgIpc) is 3.50. The maximum absolute atomic E-state index is 7.84. The highest BCUT2D eigenvalue weighted by atomic mass is 16.5. The highest BCUT2D eigenvalue weighted by Gasteiger charge is 2.47. The van der Waals surface area contributed by atoms with Crippen LogP contribution in [0.2, 0.25) is 0 Å². The number of hydrogen-bond acceptors (Lipinski definition) is 6. The minimum absolute atomic E-state index is 0.315. The smallest absolute Gasteiger partial charge is 0.187 e. The van der Waals surface area contributed by atoms with Crippen molar-refractivity contribution in [2.75, 3.05) is 52.5 Å². The Hall–Kier alpha value is -5.45. The van der Waals surface area contributed by atoms with Crippen molar-refractivity contribution in [3.63, 3.8) is 0 Å². The fourth-order valence-corrected chi connectivity index (χ4v) is 8.63. The molecule has 1 unspecified atom stereocenters. The predicted octanol–water partition coefficient (Wildman–Crippen LogP) is 9.69. The van der Waals surface area contributed by atoms with Gasteiger partial charge in [-0.25, -0.2) is 4.85 Å². The summed E-state index contributed by atoms with van der Waals surface area (Å²) < 4.78 is 30.6. The molecule has 51 heavy (non-hydrogen) atoms. The number of morpholine rings is 1. The summed E-state index contributed by atoms with van der Waals surface area (Å²) in [5, 5.41) is 1.97. The van der Waals surface area contributed by atoms with E-state index in [1.807, 2.05) is 18.2 Å². The number of fused-ring (bicyclic) bond motifs is 8. The zero-order valence-corrected chi connectivity index (χ0v) is 29.8. The van der Waals surface area contributed by atoms with Crippen molar-refractivity contribution in [1.82, 2.24) is 0 Å². The molecule has 5 aromatic rings. The zero-order chi connectivity index (χ0) is 35.3. The molecule has 3 aliphatic rings. The van der Waals surface area contributed by atoms with E-state index < -0.39 is 5.60 Å². The van der Waals surface area contributed by atoms with Crippen LogP contribution in [0.1, 0.15) is 54.5 Å². The first kappa shape index (κ1) is 32.7. The van der Waals surface area contributed by atoms with Gasteiger partial charge in [-0.05, 0) is 83.0 Å². The molecule has 0 aromatic heterocycles. The topological polar surface area (TPSA) is 53.8 Å². The maximum atomic E-state index is 7.84. The first-order valence-electron chi connectivity index (χ1n) is 17.7. The molecule has 8 rings (SSSR count). The molecular formula is C44H42N2O5. The van der Waals surface area contributed by atoms with Crippen LogP contribution in [-0.4, -0.2) is 47.6 Å². The lowest BCUT2D eigenvalue weighted by Crippen LogP contribution is -2.37. The minimum atomic E-state index is -0.943. The highest BCUT2D eigenvalue weighted by Crippen LogP contribution is 2.61. The van der Waals surface area contributed by atoms with E-state index in [1.165, 1.54) is 22.4 Å². The lowest BCUT2D eigenvalue weighted by atomic mass is 9.71. The second-order valence-corrected chi connectivity index (χ2v) is 13.4. The Balaban J connectivity index is 1.42. The molecule has 7 heteroatoms. The molecule has 1 fully saturated rings. The number of anilines is 1. The fraction of sp³-hybridized carbons (Fsp3) is 0.295. The summed E-state index contributed by atoms with van der Waals surface area (Å²) >= 11 is 0. The molecular weight excluding hydrogens is 636 g/mol. The van der Waals surface area contributed by atoms with Gasteiger partial charge in [-0.2, -0.15) is 0 Å². The molecule has 7 nitrogen and oxygen atoms in total. The van der Waals surface area contributed by atoms with Crippen LogP contribution in [0.5, 0.6) is 23.0 Å². The van der Waals surface area contributed by atoms with Crippen LogP contribution in [0.3, 0.4) is 0 Å². The van der Waals surface area contributed by atoms with Crippen LogP contribution in [0.4, 0.5) is 11.4 Å². The third-order valence-electron chi connectivity index (χ3n) is 11.3. The van der Waals surface area contributed by atoms with Gasteiger partial charge in [0.05, 0.1) is 41.1 Å². The Bertz CT molecular complexity index is 2210. The Morgan fingerprint density at radius 2 is 1.43 bits per heavy atom. The number of hydrogen-bond donors (Lipinski definition) is 0. The van der Waals surface area contributed by atoms with E-state index in [4.69, 9.17) is 30.3 Å². The Morgan fingerprint density at radius 1 is 0.784 bits per heavy atom. The van der Waals surface area contributed by atoms with Crippen molar-refractivity contribution in [2.45, 2.75) is 37.7 Å². The van der Waals surface area contributed by atoms with Crippen LogP contribution in [0.15, 0.2) is 84.9 Å². The number of methoxy groups -OCH3 is 3. The van der Waals surface area contributed by atoms with Crippen molar-refractivity contribution >= 4 is 28.2 Å². The molecule has 2 aliphatic heterocycles. The van der Waals surface area contributed by atoms with Gasteiger partial charge in [0.1, 0.15) is 11.5 Å². The van der Waals surface area contributed by atoms with Gasteiger partial charge in [0, 0.05) is 46.3 Å². The molecule has 1 saturated heterocycles. The molecule has 0 bridgehead atoms. The van der Waals surface area contributed by atoms with Gasteiger partial charge in [0.25, 0.3) is 0 Å². The van der Waals surface area contributed by atoms with E-state index in [0.29, 0.717) is 17.2 Å². The van der Waals surface area contributed by atoms with Gasteiger partial charge in [0.2, 0.25) is 0 Å². The maximum Gasteiger partial charge on any atom is 0.187 e. The summed E-state index contributed by atoms with van der Waals surface area (Å²) in [6, 6.07) is 27.2. The summed E-state index contributed by atoms with van der Waals surface area (Å²) in [4.78, 5) is 6.20. The summed E-state index contributed by atoms with van der Waals surface area (Å²) in [6.07, 6.45) is 6.24. The normalized spacial score (nSPS) is 18.3.